The first-order valence-corrected chi connectivity index (χ1v) is 7.88. The predicted molar refractivity (Wildman–Crippen MR) is 89.5 cm³/mol. The minimum atomic E-state index is 0.558. The number of anilines is 2. The van der Waals surface area contributed by atoms with Gasteiger partial charge >= 0.3 is 0 Å². The van der Waals surface area contributed by atoms with Gasteiger partial charge in [-0.25, -0.2) is 9.97 Å². The lowest BCUT2D eigenvalue weighted by atomic mass is 10.3. The van der Waals surface area contributed by atoms with Crippen LogP contribution in [0.2, 0.25) is 0 Å². The molecule has 6 nitrogen and oxygen atoms in total. The lowest BCUT2D eigenvalue weighted by molar-refractivity contribution is 0.201. The Kier molecular flexibility index (Phi) is 5.13. The molecule has 0 aliphatic carbocycles. The Balaban J connectivity index is 1.66. The van der Waals surface area contributed by atoms with Crippen LogP contribution in [-0.4, -0.2) is 28.1 Å². The molecule has 0 atom stereocenters. The van der Waals surface area contributed by atoms with E-state index in [0.717, 1.165) is 16.6 Å². The van der Waals surface area contributed by atoms with Gasteiger partial charge in [0, 0.05) is 49.1 Å². The molecule has 1 N–H and O–H groups in total. The molecule has 0 bridgehead atoms. The first-order chi connectivity index (χ1) is 11.3. The van der Waals surface area contributed by atoms with Crippen molar-refractivity contribution in [3.05, 3.63) is 54.5 Å². The van der Waals surface area contributed by atoms with Crippen LogP contribution in [0.3, 0.4) is 0 Å². The molecule has 0 saturated heterocycles. The maximum absolute atomic E-state index is 5.71. The first-order valence-electron chi connectivity index (χ1n) is 7.11. The van der Waals surface area contributed by atoms with Gasteiger partial charge in [0.2, 0.25) is 11.0 Å². The molecule has 2 aromatic heterocycles. The van der Waals surface area contributed by atoms with E-state index in [-0.39, 0.29) is 0 Å². The topological polar surface area (TPSA) is 69.2 Å². The molecular formula is C16H16N4O2S. The van der Waals surface area contributed by atoms with E-state index in [4.69, 9.17) is 9.47 Å². The summed E-state index contributed by atoms with van der Waals surface area (Å²) in [6.07, 6.45) is 2.40. The zero-order valence-electron chi connectivity index (χ0n) is 12.6. The number of nitrogens with zero attached hydrogens (tertiary/aromatic N) is 3. The van der Waals surface area contributed by atoms with Crippen LogP contribution in [0, 0.1) is 0 Å². The van der Waals surface area contributed by atoms with Gasteiger partial charge in [-0.3, -0.25) is 0 Å². The van der Waals surface area contributed by atoms with Crippen molar-refractivity contribution in [3.8, 4) is 11.6 Å². The Morgan fingerprint density at radius 3 is 2.96 bits per heavy atom. The van der Waals surface area contributed by atoms with Crippen molar-refractivity contribution in [1.82, 2.24) is 14.3 Å². The van der Waals surface area contributed by atoms with Crippen molar-refractivity contribution in [3.63, 3.8) is 0 Å². The Morgan fingerprint density at radius 2 is 2.13 bits per heavy atom. The highest BCUT2D eigenvalue weighted by molar-refractivity contribution is 7.09. The molecule has 118 valence electrons. The molecule has 23 heavy (non-hydrogen) atoms. The first kappa shape index (κ1) is 15.4. The average molecular weight is 328 g/mol. The molecule has 3 rings (SSSR count). The minimum Gasteiger partial charge on any atom is -0.439 e. The number of nitrogens with one attached hydrogen (secondary N) is 1. The quantitative estimate of drug-likeness (QED) is 0.714. The number of hydrogen-bond donors (Lipinski definition) is 1. The van der Waals surface area contributed by atoms with Crippen molar-refractivity contribution in [2.45, 2.75) is 6.42 Å². The Bertz CT molecular complexity index is 749. The van der Waals surface area contributed by atoms with E-state index in [1.54, 1.807) is 13.3 Å². The smallest absolute Gasteiger partial charge is 0.219 e. The van der Waals surface area contributed by atoms with Gasteiger partial charge < -0.3 is 14.8 Å². The predicted octanol–water partition coefficient (Wildman–Crippen LogP) is 3.66. The van der Waals surface area contributed by atoms with Gasteiger partial charge in [-0.15, -0.1) is 0 Å². The van der Waals surface area contributed by atoms with Gasteiger partial charge in [0.15, 0.2) is 0 Å². The summed E-state index contributed by atoms with van der Waals surface area (Å²) in [5, 5.41) is 3.97. The molecule has 0 spiro atoms. The highest BCUT2D eigenvalue weighted by atomic mass is 32.1. The average Bonchev–Trinajstić information content (AvgIpc) is 3.01. The van der Waals surface area contributed by atoms with E-state index in [1.807, 2.05) is 42.5 Å². The fraction of sp³-hybridized carbons (Fsp3) is 0.188. The van der Waals surface area contributed by atoms with Crippen LogP contribution in [-0.2, 0) is 11.2 Å². The molecule has 1 aromatic carbocycles. The summed E-state index contributed by atoms with van der Waals surface area (Å²) >= 11 is 1.32. The molecule has 0 radical (unpaired) electrons. The van der Waals surface area contributed by atoms with E-state index in [9.17, 15) is 0 Å². The van der Waals surface area contributed by atoms with E-state index < -0.39 is 0 Å². The number of pyridine rings is 1. The van der Waals surface area contributed by atoms with E-state index in [0.29, 0.717) is 24.7 Å². The molecule has 7 heteroatoms. The molecule has 0 aliphatic rings. The number of hydrogen-bond acceptors (Lipinski definition) is 7. The number of methoxy groups -OCH3 is 1. The maximum Gasteiger partial charge on any atom is 0.219 e. The molecule has 0 saturated carbocycles. The number of ether oxygens (including phenoxy) is 2. The Labute approximate surface area is 138 Å². The Morgan fingerprint density at radius 1 is 1.17 bits per heavy atom. The second kappa shape index (κ2) is 7.66. The fourth-order valence-corrected chi connectivity index (χ4v) is 2.52. The maximum atomic E-state index is 5.71. The summed E-state index contributed by atoms with van der Waals surface area (Å²) in [5.41, 5.74) is 0.882. The Hall–Kier alpha value is -2.51. The van der Waals surface area contributed by atoms with E-state index in [2.05, 4.69) is 19.7 Å². The third kappa shape index (κ3) is 4.48. The van der Waals surface area contributed by atoms with Crippen LogP contribution < -0.4 is 10.1 Å². The van der Waals surface area contributed by atoms with Crippen LogP contribution in [0.5, 0.6) is 11.6 Å². The van der Waals surface area contributed by atoms with Crippen molar-refractivity contribution < 1.29 is 9.47 Å². The largest absolute Gasteiger partial charge is 0.439 e. The summed E-state index contributed by atoms with van der Waals surface area (Å²) in [7, 11) is 1.67. The van der Waals surface area contributed by atoms with Crippen LogP contribution in [0.1, 0.15) is 5.82 Å². The lowest BCUT2D eigenvalue weighted by Crippen LogP contribution is -1.97. The van der Waals surface area contributed by atoms with E-state index >= 15 is 0 Å². The zero-order chi connectivity index (χ0) is 15.9. The lowest BCUT2D eigenvalue weighted by Gasteiger charge is -2.07. The fourth-order valence-electron chi connectivity index (χ4n) is 1.89. The normalized spacial score (nSPS) is 10.5. The van der Waals surface area contributed by atoms with Crippen molar-refractivity contribution in [2.75, 3.05) is 19.0 Å². The molecule has 0 unspecified atom stereocenters. The van der Waals surface area contributed by atoms with Gasteiger partial charge in [-0.1, -0.05) is 12.1 Å². The van der Waals surface area contributed by atoms with Gasteiger partial charge in [0.05, 0.1) is 6.61 Å². The van der Waals surface area contributed by atoms with Gasteiger partial charge in [0.1, 0.15) is 11.6 Å². The zero-order valence-corrected chi connectivity index (χ0v) is 13.4. The van der Waals surface area contributed by atoms with Crippen molar-refractivity contribution >= 4 is 22.4 Å². The number of benzene rings is 1. The summed E-state index contributed by atoms with van der Waals surface area (Å²) < 4.78 is 15.0. The second-order valence-electron chi connectivity index (χ2n) is 4.68. The summed E-state index contributed by atoms with van der Waals surface area (Å²) in [6, 6.07) is 13.2. The van der Waals surface area contributed by atoms with Crippen molar-refractivity contribution in [2.24, 2.45) is 0 Å². The summed E-state index contributed by atoms with van der Waals surface area (Å²) in [6.45, 7) is 0.615. The van der Waals surface area contributed by atoms with Crippen LogP contribution in [0.15, 0.2) is 48.7 Å². The number of aromatic nitrogens is 3. The second-order valence-corrected chi connectivity index (χ2v) is 5.43. The summed E-state index contributed by atoms with van der Waals surface area (Å²) in [5.74, 6) is 2.04. The summed E-state index contributed by atoms with van der Waals surface area (Å²) in [4.78, 5) is 8.56. The van der Waals surface area contributed by atoms with Gasteiger partial charge in [-0.2, -0.15) is 4.37 Å². The van der Waals surface area contributed by atoms with Crippen LogP contribution in [0.25, 0.3) is 0 Å². The molecular weight excluding hydrogens is 312 g/mol. The molecule has 2 heterocycles. The number of rotatable bonds is 7. The van der Waals surface area contributed by atoms with Gasteiger partial charge in [-0.05, 0) is 18.2 Å². The van der Waals surface area contributed by atoms with Crippen LogP contribution >= 0.6 is 11.5 Å². The van der Waals surface area contributed by atoms with Crippen molar-refractivity contribution in [1.29, 1.82) is 0 Å². The molecule has 0 fully saturated rings. The highest BCUT2D eigenvalue weighted by Crippen LogP contribution is 2.25. The highest BCUT2D eigenvalue weighted by Gasteiger charge is 2.05. The van der Waals surface area contributed by atoms with E-state index in [1.165, 1.54) is 11.5 Å². The standard InChI is InChI=1S/C16H16N4O2S/c1-21-10-8-14-19-16(23-20-14)18-12-5-4-6-13(11-12)22-15-7-2-3-9-17-15/h2-7,9,11H,8,10H2,1H3,(H,18,19,20). The molecule has 0 amide bonds. The van der Waals surface area contributed by atoms with Gasteiger partial charge in [0.25, 0.3) is 0 Å². The third-order valence-corrected chi connectivity index (χ3v) is 3.61. The molecule has 3 aromatic rings. The minimum absolute atomic E-state index is 0.558. The molecule has 0 aliphatic heterocycles. The SMILES string of the molecule is COCCc1nsc(Nc2cccc(Oc3ccccn3)c2)n1. The van der Waals surface area contributed by atoms with Crippen LogP contribution in [0.4, 0.5) is 10.8 Å². The monoisotopic (exact) mass is 328 g/mol. The third-order valence-electron chi connectivity index (χ3n) is 2.94.